The Morgan fingerprint density at radius 2 is 2.04 bits per heavy atom. The summed E-state index contributed by atoms with van der Waals surface area (Å²) in [5.74, 6) is 1.42. The molecule has 0 aliphatic heterocycles. The molecule has 4 rings (SSSR count). The summed E-state index contributed by atoms with van der Waals surface area (Å²) in [5, 5.41) is 9.81. The molecule has 3 aromatic rings. The molecular weight excluding hydrogens is 352 g/mol. The van der Waals surface area contributed by atoms with Crippen molar-refractivity contribution in [1.29, 1.82) is 0 Å². The SMILES string of the molecule is COc1cccc(CN(CC2CC2)C(=O)Nc2ccc(-c3cn[nH]c3)cc2)c1. The second-order valence-corrected chi connectivity index (χ2v) is 7.17. The lowest BCUT2D eigenvalue weighted by Gasteiger charge is -2.23. The van der Waals surface area contributed by atoms with Gasteiger partial charge in [-0.15, -0.1) is 0 Å². The summed E-state index contributed by atoms with van der Waals surface area (Å²) in [6.45, 7) is 1.34. The van der Waals surface area contributed by atoms with E-state index < -0.39 is 0 Å². The zero-order chi connectivity index (χ0) is 19.3. The molecule has 0 saturated heterocycles. The van der Waals surface area contributed by atoms with Crippen LogP contribution in [0.25, 0.3) is 11.1 Å². The van der Waals surface area contributed by atoms with Gasteiger partial charge in [-0.2, -0.15) is 5.10 Å². The van der Waals surface area contributed by atoms with Crippen molar-refractivity contribution >= 4 is 11.7 Å². The molecule has 2 N–H and O–H groups in total. The molecule has 2 aromatic carbocycles. The standard InChI is InChI=1S/C22H24N4O2/c1-28-21-4-2-3-17(11-21)15-26(14-16-5-6-16)22(27)25-20-9-7-18(8-10-20)19-12-23-24-13-19/h2-4,7-13,16H,5-6,14-15H2,1H3,(H,23,24)(H,25,27). The summed E-state index contributed by atoms with van der Waals surface area (Å²) in [4.78, 5) is 14.8. The molecule has 1 aliphatic carbocycles. The summed E-state index contributed by atoms with van der Waals surface area (Å²) < 4.78 is 5.30. The Kier molecular flexibility index (Phi) is 5.28. The highest BCUT2D eigenvalue weighted by molar-refractivity contribution is 5.89. The largest absolute Gasteiger partial charge is 0.497 e. The fourth-order valence-electron chi connectivity index (χ4n) is 3.18. The zero-order valence-electron chi connectivity index (χ0n) is 15.9. The van der Waals surface area contributed by atoms with Crippen molar-refractivity contribution < 1.29 is 9.53 Å². The van der Waals surface area contributed by atoms with Crippen LogP contribution in [0.2, 0.25) is 0 Å². The molecule has 6 nitrogen and oxygen atoms in total. The van der Waals surface area contributed by atoms with Gasteiger partial charge in [0.15, 0.2) is 0 Å². The van der Waals surface area contributed by atoms with Gasteiger partial charge in [0.2, 0.25) is 0 Å². The van der Waals surface area contributed by atoms with E-state index in [0.717, 1.165) is 34.7 Å². The predicted molar refractivity (Wildman–Crippen MR) is 109 cm³/mol. The highest BCUT2D eigenvalue weighted by atomic mass is 16.5. The number of hydrogen-bond donors (Lipinski definition) is 2. The number of rotatable bonds is 7. The number of benzene rings is 2. The van der Waals surface area contributed by atoms with E-state index in [0.29, 0.717) is 12.5 Å². The maximum Gasteiger partial charge on any atom is 0.322 e. The molecule has 6 heteroatoms. The van der Waals surface area contributed by atoms with Crippen LogP contribution in [-0.4, -0.2) is 34.8 Å². The number of amides is 2. The van der Waals surface area contributed by atoms with Gasteiger partial charge in [-0.25, -0.2) is 4.79 Å². The van der Waals surface area contributed by atoms with Crippen LogP contribution in [0, 0.1) is 5.92 Å². The van der Waals surface area contributed by atoms with Crippen LogP contribution in [0.3, 0.4) is 0 Å². The molecule has 2 amide bonds. The third-order valence-corrected chi connectivity index (χ3v) is 4.94. The maximum absolute atomic E-state index is 12.9. The minimum atomic E-state index is -0.0780. The monoisotopic (exact) mass is 376 g/mol. The average Bonchev–Trinajstić information content (AvgIpc) is 3.37. The van der Waals surface area contributed by atoms with Crippen LogP contribution in [0.4, 0.5) is 10.5 Å². The van der Waals surface area contributed by atoms with Crippen molar-refractivity contribution in [3.05, 3.63) is 66.5 Å². The van der Waals surface area contributed by atoms with Gasteiger partial charge in [-0.3, -0.25) is 5.10 Å². The van der Waals surface area contributed by atoms with Crippen molar-refractivity contribution in [3.8, 4) is 16.9 Å². The minimum absolute atomic E-state index is 0.0780. The smallest absolute Gasteiger partial charge is 0.322 e. The Hall–Kier alpha value is -3.28. The van der Waals surface area contributed by atoms with Gasteiger partial charge < -0.3 is 15.0 Å². The first-order chi connectivity index (χ1) is 13.7. The van der Waals surface area contributed by atoms with Crippen molar-refractivity contribution in [1.82, 2.24) is 15.1 Å². The van der Waals surface area contributed by atoms with Crippen LogP contribution in [-0.2, 0) is 6.54 Å². The van der Waals surface area contributed by atoms with E-state index in [2.05, 4.69) is 15.5 Å². The first-order valence-electron chi connectivity index (χ1n) is 9.49. The maximum atomic E-state index is 12.9. The molecule has 1 fully saturated rings. The lowest BCUT2D eigenvalue weighted by Crippen LogP contribution is -2.36. The van der Waals surface area contributed by atoms with Gasteiger partial charge in [0.05, 0.1) is 13.3 Å². The van der Waals surface area contributed by atoms with Crippen LogP contribution >= 0.6 is 0 Å². The average molecular weight is 376 g/mol. The molecule has 1 aliphatic rings. The first-order valence-corrected chi connectivity index (χ1v) is 9.49. The molecule has 0 atom stereocenters. The third-order valence-electron chi connectivity index (χ3n) is 4.94. The topological polar surface area (TPSA) is 70.2 Å². The van der Waals surface area contributed by atoms with E-state index in [-0.39, 0.29) is 6.03 Å². The summed E-state index contributed by atoms with van der Waals surface area (Å²) in [6.07, 6.45) is 6.01. The minimum Gasteiger partial charge on any atom is -0.497 e. The molecule has 1 aromatic heterocycles. The number of carbonyl (C=O) groups is 1. The van der Waals surface area contributed by atoms with Crippen LogP contribution in [0.5, 0.6) is 5.75 Å². The first kappa shape index (κ1) is 18.1. The van der Waals surface area contributed by atoms with Crippen molar-refractivity contribution in [3.63, 3.8) is 0 Å². The summed E-state index contributed by atoms with van der Waals surface area (Å²) in [6, 6.07) is 15.6. The highest BCUT2D eigenvalue weighted by Gasteiger charge is 2.27. The molecule has 1 heterocycles. The Labute approximate surface area is 164 Å². The molecule has 0 unspecified atom stereocenters. The lowest BCUT2D eigenvalue weighted by atomic mass is 10.1. The summed E-state index contributed by atoms with van der Waals surface area (Å²) in [7, 11) is 1.65. The summed E-state index contributed by atoms with van der Waals surface area (Å²) >= 11 is 0. The van der Waals surface area contributed by atoms with Gasteiger partial charge in [0.1, 0.15) is 5.75 Å². The highest BCUT2D eigenvalue weighted by Crippen LogP contribution is 2.30. The van der Waals surface area contributed by atoms with E-state index in [9.17, 15) is 4.79 Å². The Morgan fingerprint density at radius 1 is 1.21 bits per heavy atom. The Morgan fingerprint density at radius 3 is 2.71 bits per heavy atom. The van der Waals surface area contributed by atoms with Gasteiger partial charge in [0.25, 0.3) is 0 Å². The van der Waals surface area contributed by atoms with Gasteiger partial charge in [-0.1, -0.05) is 24.3 Å². The van der Waals surface area contributed by atoms with E-state index in [4.69, 9.17) is 4.74 Å². The van der Waals surface area contributed by atoms with Gasteiger partial charge in [-0.05, 0) is 54.2 Å². The van der Waals surface area contributed by atoms with Crippen molar-refractivity contribution in [2.45, 2.75) is 19.4 Å². The van der Waals surface area contributed by atoms with Crippen LogP contribution < -0.4 is 10.1 Å². The normalized spacial score (nSPS) is 13.2. The fourth-order valence-corrected chi connectivity index (χ4v) is 3.18. The quantitative estimate of drug-likeness (QED) is 0.636. The molecule has 0 radical (unpaired) electrons. The van der Waals surface area contributed by atoms with Crippen molar-refractivity contribution in [2.24, 2.45) is 5.92 Å². The molecule has 0 bridgehead atoms. The third kappa shape index (κ3) is 4.52. The molecule has 0 spiro atoms. The summed E-state index contributed by atoms with van der Waals surface area (Å²) in [5.41, 5.74) is 3.92. The second-order valence-electron chi connectivity index (χ2n) is 7.17. The van der Waals surface area contributed by atoms with E-state index in [1.165, 1.54) is 12.8 Å². The number of aromatic amines is 1. The second kappa shape index (κ2) is 8.17. The number of carbonyl (C=O) groups excluding carboxylic acids is 1. The fraction of sp³-hybridized carbons (Fsp3) is 0.273. The number of nitrogens with one attached hydrogen (secondary N) is 2. The number of methoxy groups -OCH3 is 1. The number of H-pyrrole nitrogens is 1. The predicted octanol–water partition coefficient (Wildman–Crippen LogP) is 4.53. The van der Waals surface area contributed by atoms with Gasteiger partial charge in [0, 0.05) is 30.5 Å². The number of nitrogens with zero attached hydrogens (tertiary/aromatic N) is 2. The number of ether oxygens (including phenoxy) is 1. The number of hydrogen-bond acceptors (Lipinski definition) is 3. The molecule has 1 saturated carbocycles. The number of urea groups is 1. The van der Waals surface area contributed by atoms with E-state index in [1.54, 1.807) is 13.3 Å². The van der Waals surface area contributed by atoms with Crippen LogP contribution in [0.1, 0.15) is 18.4 Å². The Balaban J connectivity index is 1.44. The Bertz CT molecular complexity index is 918. The number of anilines is 1. The lowest BCUT2D eigenvalue weighted by molar-refractivity contribution is 0.206. The van der Waals surface area contributed by atoms with E-state index in [1.807, 2.05) is 59.6 Å². The zero-order valence-corrected chi connectivity index (χ0v) is 15.9. The molecule has 144 valence electrons. The molecule has 28 heavy (non-hydrogen) atoms. The molecular formula is C22H24N4O2. The van der Waals surface area contributed by atoms with Crippen molar-refractivity contribution in [2.75, 3.05) is 19.0 Å². The van der Waals surface area contributed by atoms with Gasteiger partial charge >= 0.3 is 6.03 Å². The number of aromatic nitrogens is 2. The van der Waals surface area contributed by atoms with Crippen LogP contribution in [0.15, 0.2) is 60.9 Å². The van der Waals surface area contributed by atoms with E-state index >= 15 is 0 Å².